The van der Waals surface area contributed by atoms with Gasteiger partial charge >= 0.3 is 0 Å². The number of hydrogen-bond acceptors (Lipinski definition) is 2. The summed E-state index contributed by atoms with van der Waals surface area (Å²) in [6, 6.07) is 14.4. The van der Waals surface area contributed by atoms with Crippen LogP contribution in [-0.2, 0) is 11.3 Å². The minimum Gasteiger partial charge on any atom is -0.479 e. The Labute approximate surface area is 133 Å². The minimum absolute atomic E-state index is 0.204. The Balaban J connectivity index is 1.88. The van der Waals surface area contributed by atoms with Gasteiger partial charge < -0.3 is 10.1 Å². The topological polar surface area (TPSA) is 38.3 Å². The lowest BCUT2D eigenvalue weighted by Crippen LogP contribution is -2.35. The first-order chi connectivity index (χ1) is 10.1. The molecule has 0 saturated carbocycles. The van der Waals surface area contributed by atoms with E-state index >= 15 is 0 Å². The van der Waals surface area contributed by atoms with Crippen molar-refractivity contribution >= 4 is 29.1 Å². The fourth-order valence-corrected chi connectivity index (χ4v) is 2.03. The third-order valence-electron chi connectivity index (χ3n) is 2.89. The number of hydrogen-bond donors (Lipinski definition) is 1. The zero-order valence-corrected chi connectivity index (χ0v) is 13.0. The van der Waals surface area contributed by atoms with Crippen molar-refractivity contribution in [2.75, 3.05) is 0 Å². The lowest BCUT2D eigenvalue weighted by molar-refractivity contribution is -0.127. The second-order valence-corrected chi connectivity index (χ2v) is 5.38. The highest BCUT2D eigenvalue weighted by molar-refractivity contribution is 6.32. The molecule has 0 aromatic heterocycles. The first-order valence-electron chi connectivity index (χ1n) is 6.49. The van der Waals surface area contributed by atoms with E-state index in [1.54, 1.807) is 43.3 Å². The molecule has 0 radical (unpaired) electrons. The van der Waals surface area contributed by atoms with Crippen LogP contribution in [0.5, 0.6) is 5.75 Å². The first kappa shape index (κ1) is 15.7. The van der Waals surface area contributed by atoms with Crippen LogP contribution in [0, 0.1) is 0 Å². The highest BCUT2D eigenvalue weighted by Crippen LogP contribution is 2.24. The molecule has 0 fully saturated rings. The van der Waals surface area contributed by atoms with Crippen LogP contribution in [0.4, 0.5) is 0 Å². The summed E-state index contributed by atoms with van der Waals surface area (Å²) in [5, 5.41) is 3.96. The number of amides is 1. The Hall–Kier alpha value is -1.71. The molecule has 0 saturated heterocycles. The Kier molecular flexibility index (Phi) is 5.48. The highest BCUT2D eigenvalue weighted by Gasteiger charge is 2.15. The van der Waals surface area contributed by atoms with Gasteiger partial charge in [0.05, 0.1) is 5.02 Å². The molecule has 0 unspecified atom stereocenters. The van der Waals surface area contributed by atoms with Gasteiger partial charge in [-0.2, -0.15) is 0 Å². The maximum Gasteiger partial charge on any atom is 0.261 e. The molecule has 1 amide bonds. The van der Waals surface area contributed by atoms with E-state index < -0.39 is 6.10 Å². The fourth-order valence-electron chi connectivity index (χ4n) is 1.72. The smallest absolute Gasteiger partial charge is 0.261 e. The normalized spacial score (nSPS) is 11.8. The van der Waals surface area contributed by atoms with Crippen LogP contribution in [0.3, 0.4) is 0 Å². The molecule has 2 rings (SSSR count). The minimum atomic E-state index is -0.628. The number of ether oxygens (including phenoxy) is 1. The molecule has 5 heteroatoms. The van der Waals surface area contributed by atoms with Gasteiger partial charge in [0.25, 0.3) is 5.91 Å². The van der Waals surface area contributed by atoms with E-state index in [1.807, 2.05) is 12.1 Å². The van der Waals surface area contributed by atoms with Crippen LogP contribution in [0.1, 0.15) is 12.5 Å². The van der Waals surface area contributed by atoms with Crippen LogP contribution in [0.15, 0.2) is 48.5 Å². The molecule has 0 aliphatic carbocycles. The Morgan fingerprint density at radius 1 is 1.14 bits per heavy atom. The molecule has 0 bridgehead atoms. The van der Waals surface area contributed by atoms with Crippen molar-refractivity contribution in [2.24, 2.45) is 0 Å². The highest BCUT2D eigenvalue weighted by atomic mass is 35.5. The van der Waals surface area contributed by atoms with Gasteiger partial charge in [0.2, 0.25) is 0 Å². The van der Waals surface area contributed by atoms with Gasteiger partial charge in [-0.25, -0.2) is 0 Å². The van der Waals surface area contributed by atoms with E-state index in [2.05, 4.69) is 5.32 Å². The van der Waals surface area contributed by atoms with Gasteiger partial charge in [-0.3, -0.25) is 4.79 Å². The predicted octanol–water partition coefficient (Wildman–Crippen LogP) is 4.08. The molecule has 1 atom stereocenters. The quantitative estimate of drug-likeness (QED) is 0.900. The van der Waals surface area contributed by atoms with E-state index in [1.165, 1.54) is 0 Å². The molecule has 0 spiro atoms. The number of benzene rings is 2. The monoisotopic (exact) mass is 323 g/mol. The molecule has 110 valence electrons. The Morgan fingerprint density at radius 2 is 1.81 bits per heavy atom. The van der Waals surface area contributed by atoms with Crippen molar-refractivity contribution in [3.05, 3.63) is 64.1 Å². The van der Waals surface area contributed by atoms with Crippen molar-refractivity contribution in [3.8, 4) is 5.75 Å². The van der Waals surface area contributed by atoms with Gasteiger partial charge in [-0.05, 0) is 36.8 Å². The van der Waals surface area contributed by atoms with Gasteiger partial charge in [0, 0.05) is 11.6 Å². The maximum absolute atomic E-state index is 12.0. The van der Waals surface area contributed by atoms with Crippen molar-refractivity contribution < 1.29 is 9.53 Å². The van der Waals surface area contributed by atoms with E-state index in [4.69, 9.17) is 27.9 Å². The second kappa shape index (κ2) is 7.34. The number of carbonyl (C=O) groups excluding carboxylic acids is 1. The third-order valence-corrected chi connectivity index (χ3v) is 3.45. The van der Waals surface area contributed by atoms with E-state index in [-0.39, 0.29) is 5.91 Å². The summed E-state index contributed by atoms with van der Waals surface area (Å²) in [7, 11) is 0. The second-order valence-electron chi connectivity index (χ2n) is 4.53. The summed E-state index contributed by atoms with van der Waals surface area (Å²) in [5.74, 6) is 0.290. The van der Waals surface area contributed by atoms with Crippen molar-refractivity contribution in [2.45, 2.75) is 19.6 Å². The van der Waals surface area contributed by atoms with Gasteiger partial charge in [0.1, 0.15) is 5.75 Å². The maximum atomic E-state index is 12.0. The summed E-state index contributed by atoms with van der Waals surface area (Å²) >= 11 is 11.8. The predicted molar refractivity (Wildman–Crippen MR) is 84.8 cm³/mol. The average molecular weight is 324 g/mol. The molecular formula is C16H15Cl2NO2. The molecular weight excluding hydrogens is 309 g/mol. The number of carbonyl (C=O) groups is 1. The van der Waals surface area contributed by atoms with E-state index in [9.17, 15) is 4.79 Å². The summed E-state index contributed by atoms with van der Waals surface area (Å²) in [6.45, 7) is 2.10. The standard InChI is InChI=1S/C16H15Cl2NO2/c1-11(21-15-5-3-2-4-14(15)18)16(20)19-10-12-6-8-13(17)9-7-12/h2-9,11H,10H2,1H3,(H,19,20)/t11-/m1/s1. The van der Waals surface area contributed by atoms with Gasteiger partial charge in [0.15, 0.2) is 6.10 Å². The number of rotatable bonds is 5. The lowest BCUT2D eigenvalue weighted by atomic mass is 10.2. The SMILES string of the molecule is C[C@@H](Oc1ccccc1Cl)C(=O)NCc1ccc(Cl)cc1. The molecule has 0 aliphatic rings. The summed E-state index contributed by atoms with van der Waals surface area (Å²) in [4.78, 5) is 12.0. The van der Waals surface area contributed by atoms with Gasteiger partial charge in [-0.15, -0.1) is 0 Å². The van der Waals surface area contributed by atoms with Crippen LogP contribution >= 0.6 is 23.2 Å². The Morgan fingerprint density at radius 3 is 2.48 bits per heavy atom. The number of nitrogens with one attached hydrogen (secondary N) is 1. The average Bonchev–Trinajstić information content (AvgIpc) is 2.48. The number of halogens is 2. The van der Waals surface area contributed by atoms with Crippen LogP contribution < -0.4 is 10.1 Å². The zero-order valence-electron chi connectivity index (χ0n) is 11.5. The Bertz CT molecular complexity index is 614. The van der Waals surface area contributed by atoms with Crippen molar-refractivity contribution in [3.63, 3.8) is 0 Å². The fraction of sp³-hybridized carbons (Fsp3) is 0.188. The van der Waals surface area contributed by atoms with Crippen molar-refractivity contribution in [1.82, 2.24) is 5.32 Å². The lowest BCUT2D eigenvalue weighted by Gasteiger charge is -2.15. The molecule has 3 nitrogen and oxygen atoms in total. The number of para-hydroxylation sites is 1. The molecule has 1 N–H and O–H groups in total. The largest absolute Gasteiger partial charge is 0.479 e. The molecule has 2 aromatic carbocycles. The first-order valence-corrected chi connectivity index (χ1v) is 7.25. The molecule has 0 heterocycles. The van der Waals surface area contributed by atoms with Crippen LogP contribution in [0.25, 0.3) is 0 Å². The third kappa shape index (κ3) is 4.66. The molecule has 2 aromatic rings. The summed E-state index contributed by atoms with van der Waals surface area (Å²) in [5.41, 5.74) is 0.970. The van der Waals surface area contributed by atoms with Crippen LogP contribution in [-0.4, -0.2) is 12.0 Å². The van der Waals surface area contributed by atoms with Crippen molar-refractivity contribution in [1.29, 1.82) is 0 Å². The van der Waals surface area contributed by atoms with E-state index in [0.29, 0.717) is 22.3 Å². The van der Waals surface area contributed by atoms with Crippen LogP contribution in [0.2, 0.25) is 10.0 Å². The molecule has 21 heavy (non-hydrogen) atoms. The van der Waals surface area contributed by atoms with E-state index in [0.717, 1.165) is 5.56 Å². The summed E-state index contributed by atoms with van der Waals surface area (Å²) < 4.78 is 5.55. The molecule has 0 aliphatic heterocycles. The summed E-state index contributed by atoms with van der Waals surface area (Å²) in [6.07, 6.45) is -0.628. The zero-order chi connectivity index (χ0) is 15.2. The van der Waals surface area contributed by atoms with Gasteiger partial charge in [-0.1, -0.05) is 47.5 Å².